The van der Waals surface area contributed by atoms with E-state index < -0.39 is 0 Å². The molecule has 0 heterocycles. The van der Waals surface area contributed by atoms with E-state index in [4.69, 9.17) is 30.4 Å². The van der Waals surface area contributed by atoms with Gasteiger partial charge in [-0.1, -0.05) is 12.1 Å². The lowest BCUT2D eigenvalue weighted by atomic mass is 10.2. The van der Waals surface area contributed by atoms with Gasteiger partial charge in [0.15, 0.2) is 34.7 Å². The molecule has 10 heteroatoms. The van der Waals surface area contributed by atoms with Crippen LogP contribution in [0.3, 0.4) is 0 Å². The van der Waals surface area contributed by atoms with Crippen LogP contribution in [0.15, 0.2) is 56.8 Å². The number of hydrogen-bond donors (Lipinski definition) is 2. The maximum atomic E-state index is 5.80. The number of nitrogens with two attached hydrogens (primary N) is 2. The molecule has 0 amide bonds. The SMILES string of the molecule is COc1cccc(/C=N\N=C(N)C(N)=N/N=C/c2cccc(OC)c2OC)c1OC. The minimum atomic E-state index is -0.0946. The number of methoxy groups -OCH3 is 4. The van der Waals surface area contributed by atoms with Crippen molar-refractivity contribution in [3.8, 4) is 23.0 Å². The van der Waals surface area contributed by atoms with Crippen LogP contribution in [0.5, 0.6) is 23.0 Å². The topological polar surface area (TPSA) is 138 Å². The van der Waals surface area contributed by atoms with Crippen molar-refractivity contribution in [3.63, 3.8) is 0 Å². The fourth-order valence-corrected chi connectivity index (χ4v) is 2.44. The average Bonchev–Trinajstić information content (AvgIpc) is 2.78. The van der Waals surface area contributed by atoms with Gasteiger partial charge in [0.05, 0.1) is 40.9 Å². The summed E-state index contributed by atoms with van der Waals surface area (Å²) < 4.78 is 21.1. The number of hydrogen-bond acceptors (Lipinski definition) is 8. The van der Waals surface area contributed by atoms with Gasteiger partial charge in [0.1, 0.15) is 0 Å². The van der Waals surface area contributed by atoms with Gasteiger partial charge in [-0.3, -0.25) is 0 Å². The normalized spacial score (nSPS) is 12.4. The number of para-hydroxylation sites is 2. The van der Waals surface area contributed by atoms with Gasteiger partial charge >= 0.3 is 0 Å². The maximum absolute atomic E-state index is 5.80. The van der Waals surface area contributed by atoms with Crippen LogP contribution in [-0.2, 0) is 0 Å². The molecule has 0 aliphatic rings. The molecular formula is C20H24N6O4. The first-order chi connectivity index (χ1) is 14.5. The molecule has 0 atom stereocenters. The van der Waals surface area contributed by atoms with E-state index in [-0.39, 0.29) is 11.7 Å². The summed E-state index contributed by atoms with van der Waals surface area (Å²) in [5.41, 5.74) is 12.9. The van der Waals surface area contributed by atoms with Crippen molar-refractivity contribution in [2.24, 2.45) is 31.9 Å². The highest BCUT2D eigenvalue weighted by Crippen LogP contribution is 2.30. The zero-order chi connectivity index (χ0) is 21.9. The zero-order valence-corrected chi connectivity index (χ0v) is 17.2. The molecule has 10 nitrogen and oxygen atoms in total. The van der Waals surface area contributed by atoms with Crippen LogP contribution in [0.1, 0.15) is 11.1 Å². The molecule has 0 fully saturated rings. The van der Waals surface area contributed by atoms with Crippen molar-refractivity contribution in [1.29, 1.82) is 0 Å². The first-order valence-corrected chi connectivity index (χ1v) is 8.71. The Balaban J connectivity index is 2.15. The van der Waals surface area contributed by atoms with Gasteiger partial charge in [0.25, 0.3) is 0 Å². The zero-order valence-electron chi connectivity index (χ0n) is 17.2. The lowest BCUT2D eigenvalue weighted by Crippen LogP contribution is -2.30. The molecular weight excluding hydrogens is 388 g/mol. The monoisotopic (exact) mass is 412 g/mol. The summed E-state index contributed by atoms with van der Waals surface area (Å²) in [6.07, 6.45) is 2.93. The Kier molecular flexibility index (Phi) is 8.18. The van der Waals surface area contributed by atoms with E-state index in [1.54, 1.807) is 50.6 Å². The van der Waals surface area contributed by atoms with Crippen LogP contribution in [0, 0.1) is 0 Å². The third kappa shape index (κ3) is 5.47. The molecule has 0 bridgehead atoms. The minimum absolute atomic E-state index is 0.0946. The van der Waals surface area contributed by atoms with Gasteiger partial charge in [-0.25, -0.2) is 0 Å². The van der Waals surface area contributed by atoms with Crippen LogP contribution in [0.2, 0.25) is 0 Å². The molecule has 0 aromatic heterocycles. The molecule has 2 aromatic carbocycles. The Hall–Kier alpha value is -4.08. The van der Waals surface area contributed by atoms with Crippen molar-refractivity contribution in [1.82, 2.24) is 0 Å². The summed E-state index contributed by atoms with van der Waals surface area (Å²) in [7, 11) is 6.17. The van der Waals surface area contributed by atoms with E-state index in [0.29, 0.717) is 34.1 Å². The van der Waals surface area contributed by atoms with Gasteiger partial charge in [-0.15, -0.1) is 10.2 Å². The van der Waals surface area contributed by atoms with Crippen LogP contribution >= 0.6 is 0 Å². The van der Waals surface area contributed by atoms with Crippen LogP contribution in [0.4, 0.5) is 0 Å². The molecule has 0 unspecified atom stereocenters. The Morgan fingerprint density at radius 1 is 0.667 bits per heavy atom. The largest absolute Gasteiger partial charge is 0.493 e. The summed E-state index contributed by atoms with van der Waals surface area (Å²) in [5.74, 6) is 2.00. The molecule has 0 saturated heterocycles. The van der Waals surface area contributed by atoms with Gasteiger partial charge in [0, 0.05) is 11.1 Å². The molecule has 0 radical (unpaired) electrons. The second-order valence-corrected chi connectivity index (χ2v) is 5.63. The second-order valence-electron chi connectivity index (χ2n) is 5.63. The molecule has 4 N–H and O–H groups in total. The van der Waals surface area contributed by atoms with E-state index in [9.17, 15) is 0 Å². The molecule has 0 aliphatic carbocycles. The summed E-state index contributed by atoms with van der Waals surface area (Å²) in [4.78, 5) is 0. The van der Waals surface area contributed by atoms with Gasteiger partial charge in [-0.2, -0.15) is 10.2 Å². The molecule has 0 spiro atoms. The van der Waals surface area contributed by atoms with E-state index in [2.05, 4.69) is 20.4 Å². The molecule has 0 saturated carbocycles. The average molecular weight is 412 g/mol. The lowest BCUT2D eigenvalue weighted by molar-refractivity contribution is 0.354. The van der Waals surface area contributed by atoms with Crippen molar-refractivity contribution in [2.75, 3.05) is 28.4 Å². The number of benzene rings is 2. The Labute approximate surface area is 174 Å². The predicted molar refractivity (Wildman–Crippen MR) is 118 cm³/mol. The number of amidine groups is 2. The van der Waals surface area contributed by atoms with E-state index in [1.807, 2.05) is 0 Å². The third-order valence-corrected chi connectivity index (χ3v) is 3.85. The fraction of sp³-hybridized carbons (Fsp3) is 0.200. The minimum Gasteiger partial charge on any atom is -0.493 e. The summed E-state index contributed by atoms with van der Waals surface area (Å²) in [6.45, 7) is 0. The number of ether oxygens (including phenoxy) is 4. The maximum Gasteiger partial charge on any atom is 0.190 e. The highest BCUT2D eigenvalue weighted by atomic mass is 16.5. The van der Waals surface area contributed by atoms with Gasteiger partial charge in [-0.05, 0) is 24.3 Å². The smallest absolute Gasteiger partial charge is 0.190 e. The quantitative estimate of drug-likeness (QED) is 0.385. The molecule has 2 rings (SSSR count). The third-order valence-electron chi connectivity index (χ3n) is 3.85. The van der Waals surface area contributed by atoms with Crippen LogP contribution in [-0.4, -0.2) is 52.5 Å². The Morgan fingerprint density at radius 3 is 1.40 bits per heavy atom. The Morgan fingerprint density at radius 2 is 1.07 bits per heavy atom. The van der Waals surface area contributed by atoms with Crippen molar-refractivity contribution in [3.05, 3.63) is 47.5 Å². The Bertz CT molecular complexity index is 906. The number of nitrogens with zero attached hydrogens (tertiary/aromatic N) is 4. The first kappa shape index (κ1) is 22.2. The first-order valence-electron chi connectivity index (χ1n) is 8.71. The lowest BCUT2D eigenvalue weighted by Gasteiger charge is -2.09. The van der Waals surface area contributed by atoms with Crippen LogP contribution in [0.25, 0.3) is 0 Å². The summed E-state index contributed by atoms with van der Waals surface area (Å²) in [6, 6.07) is 10.7. The summed E-state index contributed by atoms with van der Waals surface area (Å²) in [5, 5.41) is 15.5. The molecule has 158 valence electrons. The van der Waals surface area contributed by atoms with Gasteiger partial charge < -0.3 is 30.4 Å². The van der Waals surface area contributed by atoms with E-state index in [1.165, 1.54) is 26.6 Å². The number of rotatable bonds is 8. The van der Waals surface area contributed by atoms with Crippen LogP contribution < -0.4 is 30.4 Å². The van der Waals surface area contributed by atoms with Gasteiger partial charge in [0.2, 0.25) is 0 Å². The van der Waals surface area contributed by atoms with Crippen molar-refractivity contribution >= 4 is 24.1 Å². The van der Waals surface area contributed by atoms with Crippen molar-refractivity contribution in [2.45, 2.75) is 0 Å². The van der Waals surface area contributed by atoms with E-state index >= 15 is 0 Å². The fourth-order valence-electron chi connectivity index (χ4n) is 2.44. The second kappa shape index (κ2) is 11.1. The van der Waals surface area contributed by atoms with E-state index in [0.717, 1.165) is 0 Å². The standard InChI is InChI=1S/C20H24N6O4/c1-27-15-9-5-7-13(17(15)29-3)11-23-25-19(21)20(22)26-24-12-14-8-6-10-16(28-2)18(14)30-4/h5-12H,1-4H3,(H2,21,25)(H2,22,26)/b23-11-,24-12+. The highest BCUT2D eigenvalue weighted by molar-refractivity contribution is 6.39. The highest BCUT2D eigenvalue weighted by Gasteiger charge is 2.08. The molecule has 0 aliphatic heterocycles. The molecule has 2 aromatic rings. The molecule has 30 heavy (non-hydrogen) atoms. The van der Waals surface area contributed by atoms with Crippen molar-refractivity contribution < 1.29 is 18.9 Å². The predicted octanol–water partition coefficient (Wildman–Crippen LogP) is 1.80. The summed E-state index contributed by atoms with van der Waals surface area (Å²) >= 11 is 0.